The molecule has 1 aromatic carbocycles. The molecule has 19 heavy (non-hydrogen) atoms. The van der Waals surface area contributed by atoms with Crippen molar-refractivity contribution in [2.45, 2.75) is 13.0 Å². The number of aliphatic hydroxyl groups is 1. The number of benzene rings is 1. The third kappa shape index (κ3) is 3.56. The van der Waals surface area contributed by atoms with Crippen molar-refractivity contribution in [1.29, 1.82) is 0 Å². The zero-order valence-electron chi connectivity index (χ0n) is 11.1. The van der Waals surface area contributed by atoms with Gasteiger partial charge >= 0.3 is 0 Å². The summed E-state index contributed by atoms with van der Waals surface area (Å²) in [5, 5.41) is 13.9. The standard InChI is InChI=1S/C14H18N2O3/c1-11-8-16(12-6-4-3-5-7-12)15-14(11)19-10-13(17)9-18-2/h3-8,13,17H,9-10H2,1-2H3/t13-/m0/s1. The van der Waals surface area contributed by atoms with Gasteiger partial charge in [0.25, 0.3) is 0 Å². The maximum absolute atomic E-state index is 9.54. The minimum atomic E-state index is -0.647. The summed E-state index contributed by atoms with van der Waals surface area (Å²) in [7, 11) is 1.54. The van der Waals surface area contributed by atoms with E-state index in [2.05, 4.69) is 5.10 Å². The molecular formula is C14H18N2O3. The Labute approximate surface area is 112 Å². The number of ether oxygens (including phenoxy) is 2. The van der Waals surface area contributed by atoms with Gasteiger partial charge in [-0.25, -0.2) is 4.68 Å². The molecule has 5 heteroatoms. The summed E-state index contributed by atoms with van der Waals surface area (Å²) < 4.78 is 12.1. The van der Waals surface area contributed by atoms with Crippen LogP contribution in [-0.4, -0.2) is 41.3 Å². The van der Waals surface area contributed by atoms with Crippen LogP contribution in [0.5, 0.6) is 5.88 Å². The Morgan fingerprint density at radius 1 is 1.26 bits per heavy atom. The van der Waals surface area contributed by atoms with E-state index in [4.69, 9.17) is 9.47 Å². The first kappa shape index (κ1) is 13.6. The second kappa shape index (κ2) is 6.36. The molecule has 0 saturated carbocycles. The van der Waals surface area contributed by atoms with E-state index >= 15 is 0 Å². The quantitative estimate of drug-likeness (QED) is 0.858. The Bertz CT molecular complexity index is 511. The number of para-hydroxylation sites is 1. The first-order valence-electron chi connectivity index (χ1n) is 6.12. The fourth-order valence-electron chi connectivity index (χ4n) is 1.72. The van der Waals surface area contributed by atoms with Crippen LogP contribution in [0.25, 0.3) is 5.69 Å². The summed E-state index contributed by atoms with van der Waals surface area (Å²) in [4.78, 5) is 0. The van der Waals surface area contributed by atoms with E-state index in [1.807, 2.05) is 43.5 Å². The summed E-state index contributed by atoms with van der Waals surface area (Å²) in [5.41, 5.74) is 1.89. The van der Waals surface area contributed by atoms with Crippen LogP contribution >= 0.6 is 0 Å². The Hall–Kier alpha value is -1.85. The van der Waals surface area contributed by atoms with Gasteiger partial charge in [-0.1, -0.05) is 18.2 Å². The average Bonchev–Trinajstić information content (AvgIpc) is 2.79. The van der Waals surface area contributed by atoms with Crippen LogP contribution in [0.2, 0.25) is 0 Å². The monoisotopic (exact) mass is 262 g/mol. The van der Waals surface area contributed by atoms with Crippen molar-refractivity contribution < 1.29 is 14.6 Å². The van der Waals surface area contributed by atoms with Gasteiger partial charge in [0.2, 0.25) is 5.88 Å². The van der Waals surface area contributed by atoms with Gasteiger partial charge in [-0.2, -0.15) is 0 Å². The third-order valence-corrected chi connectivity index (χ3v) is 2.64. The lowest BCUT2D eigenvalue weighted by atomic mass is 10.3. The van der Waals surface area contributed by atoms with Gasteiger partial charge in [-0.15, -0.1) is 5.10 Å². The molecule has 0 bridgehead atoms. The van der Waals surface area contributed by atoms with Crippen molar-refractivity contribution >= 4 is 0 Å². The van der Waals surface area contributed by atoms with Crippen LogP contribution < -0.4 is 4.74 Å². The Morgan fingerprint density at radius 2 is 2.00 bits per heavy atom. The summed E-state index contributed by atoms with van der Waals surface area (Å²) in [6.07, 6.45) is 1.25. The molecule has 1 N–H and O–H groups in total. The molecule has 2 aromatic rings. The van der Waals surface area contributed by atoms with Crippen molar-refractivity contribution in [3.8, 4) is 11.6 Å². The fourth-order valence-corrected chi connectivity index (χ4v) is 1.72. The molecule has 1 aromatic heterocycles. The molecule has 0 radical (unpaired) electrons. The molecule has 0 unspecified atom stereocenters. The van der Waals surface area contributed by atoms with Crippen molar-refractivity contribution in [3.63, 3.8) is 0 Å². The Morgan fingerprint density at radius 3 is 2.68 bits per heavy atom. The number of hydrogen-bond acceptors (Lipinski definition) is 4. The minimum absolute atomic E-state index is 0.167. The zero-order chi connectivity index (χ0) is 13.7. The van der Waals surface area contributed by atoms with E-state index in [9.17, 15) is 5.11 Å². The van der Waals surface area contributed by atoms with Crippen LogP contribution in [-0.2, 0) is 4.74 Å². The zero-order valence-corrected chi connectivity index (χ0v) is 11.1. The van der Waals surface area contributed by atoms with Gasteiger partial charge in [0.1, 0.15) is 12.7 Å². The molecule has 0 aliphatic heterocycles. The number of rotatable bonds is 6. The SMILES string of the molecule is COC[C@H](O)COc1nn(-c2ccccc2)cc1C. The predicted octanol–water partition coefficient (Wildman–Crippen LogP) is 1.57. The third-order valence-electron chi connectivity index (χ3n) is 2.64. The van der Waals surface area contributed by atoms with Crippen LogP contribution in [0.3, 0.4) is 0 Å². The van der Waals surface area contributed by atoms with Gasteiger partial charge in [-0.05, 0) is 19.1 Å². The molecule has 0 amide bonds. The minimum Gasteiger partial charge on any atom is -0.474 e. The van der Waals surface area contributed by atoms with Gasteiger partial charge in [0, 0.05) is 18.9 Å². The van der Waals surface area contributed by atoms with E-state index < -0.39 is 6.10 Å². The second-order valence-electron chi connectivity index (χ2n) is 4.32. The number of aliphatic hydroxyl groups excluding tert-OH is 1. The molecule has 0 aliphatic carbocycles. The van der Waals surface area contributed by atoms with E-state index in [0.717, 1.165) is 11.3 Å². The van der Waals surface area contributed by atoms with Gasteiger partial charge < -0.3 is 14.6 Å². The maximum atomic E-state index is 9.54. The highest BCUT2D eigenvalue weighted by Gasteiger charge is 2.10. The van der Waals surface area contributed by atoms with Crippen LogP contribution in [0.4, 0.5) is 0 Å². The number of aryl methyl sites for hydroxylation is 1. The Balaban J connectivity index is 2.05. The first-order chi connectivity index (χ1) is 9.20. The van der Waals surface area contributed by atoms with Crippen LogP contribution in [0.1, 0.15) is 5.56 Å². The van der Waals surface area contributed by atoms with E-state index in [0.29, 0.717) is 5.88 Å². The summed E-state index contributed by atoms with van der Waals surface area (Å²) in [6, 6.07) is 9.80. The molecule has 102 valence electrons. The number of nitrogens with zero attached hydrogens (tertiary/aromatic N) is 2. The molecule has 0 aliphatic rings. The molecule has 1 heterocycles. The first-order valence-corrected chi connectivity index (χ1v) is 6.12. The molecular weight excluding hydrogens is 244 g/mol. The van der Waals surface area contributed by atoms with Crippen LogP contribution in [0, 0.1) is 6.92 Å². The normalized spacial score (nSPS) is 12.4. The smallest absolute Gasteiger partial charge is 0.236 e. The van der Waals surface area contributed by atoms with E-state index in [-0.39, 0.29) is 13.2 Å². The topological polar surface area (TPSA) is 56.5 Å². The van der Waals surface area contributed by atoms with E-state index in [1.165, 1.54) is 0 Å². The summed E-state index contributed by atoms with van der Waals surface area (Å²) in [6.45, 7) is 2.34. The molecule has 0 fully saturated rings. The summed E-state index contributed by atoms with van der Waals surface area (Å²) in [5.74, 6) is 0.527. The number of aromatic nitrogens is 2. The van der Waals surface area contributed by atoms with Crippen molar-refractivity contribution in [2.24, 2.45) is 0 Å². The van der Waals surface area contributed by atoms with E-state index in [1.54, 1.807) is 11.8 Å². The molecule has 0 saturated heterocycles. The lowest BCUT2D eigenvalue weighted by Gasteiger charge is -2.09. The van der Waals surface area contributed by atoms with Gasteiger partial charge in [-0.3, -0.25) is 0 Å². The highest BCUT2D eigenvalue weighted by molar-refractivity contribution is 5.33. The number of hydrogen-bond donors (Lipinski definition) is 1. The largest absolute Gasteiger partial charge is 0.474 e. The lowest BCUT2D eigenvalue weighted by molar-refractivity contribution is 0.0311. The average molecular weight is 262 g/mol. The molecule has 2 rings (SSSR count). The molecule has 0 spiro atoms. The van der Waals surface area contributed by atoms with Crippen molar-refractivity contribution in [1.82, 2.24) is 9.78 Å². The Kier molecular flexibility index (Phi) is 4.54. The lowest BCUT2D eigenvalue weighted by Crippen LogP contribution is -2.22. The van der Waals surface area contributed by atoms with Crippen LogP contribution in [0.15, 0.2) is 36.5 Å². The van der Waals surface area contributed by atoms with Crippen molar-refractivity contribution in [3.05, 3.63) is 42.1 Å². The van der Waals surface area contributed by atoms with Crippen molar-refractivity contribution in [2.75, 3.05) is 20.3 Å². The fraction of sp³-hybridized carbons (Fsp3) is 0.357. The summed E-state index contributed by atoms with van der Waals surface area (Å²) >= 11 is 0. The van der Waals surface area contributed by atoms with Gasteiger partial charge in [0.15, 0.2) is 0 Å². The van der Waals surface area contributed by atoms with Gasteiger partial charge in [0.05, 0.1) is 12.3 Å². The highest BCUT2D eigenvalue weighted by atomic mass is 16.5. The molecule has 5 nitrogen and oxygen atoms in total. The number of methoxy groups -OCH3 is 1. The molecule has 1 atom stereocenters. The highest BCUT2D eigenvalue weighted by Crippen LogP contribution is 2.17. The predicted molar refractivity (Wildman–Crippen MR) is 71.7 cm³/mol. The maximum Gasteiger partial charge on any atom is 0.236 e. The second-order valence-corrected chi connectivity index (χ2v) is 4.32.